The van der Waals surface area contributed by atoms with Gasteiger partial charge in [-0.05, 0) is 80.6 Å². The van der Waals surface area contributed by atoms with E-state index >= 15 is 0 Å². The summed E-state index contributed by atoms with van der Waals surface area (Å²) in [6.45, 7) is 3.49. The third-order valence-corrected chi connectivity index (χ3v) is 7.92. The number of hydrogen-bond donors (Lipinski definition) is 0. The number of carbonyl (C=O) groups is 1. The molecule has 1 saturated heterocycles. The molecule has 0 radical (unpaired) electrons. The van der Waals surface area contributed by atoms with Gasteiger partial charge in [0.15, 0.2) is 5.82 Å². The van der Waals surface area contributed by atoms with Crippen LogP contribution in [-0.4, -0.2) is 48.4 Å². The Bertz CT molecular complexity index is 1260. The van der Waals surface area contributed by atoms with Crippen molar-refractivity contribution in [2.45, 2.75) is 37.5 Å². The molecule has 0 saturated carbocycles. The van der Waals surface area contributed by atoms with Gasteiger partial charge < -0.3 is 9.42 Å². The number of carbonyl (C=O) groups excluding carboxylic acids is 1. The topological polar surface area (TPSA) is 96.6 Å². The first-order chi connectivity index (χ1) is 15.4. The van der Waals surface area contributed by atoms with E-state index in [1.807, 2.05) is 0 Å². The van der Waals surface area contributed by atoms with Crippen molar-refractivity contribution in [2.24, 2.45) is 0 Å². The van der Waals surface area contributed by atoms with E-state index in [1.165, 1.54) is 0 Å². The highest BCUT2D eigenvalue weighted by Crippen LogP contribution is 2.32. The second kappa shape index (κ2) is 8.14. The molecule has 166 valence electrons. The molecule has 0 bridgehead atoms. The van der Waals surface area contributed by atoms with Crippen LogP contribution in [-0.2, 0) is 16.4 Å². The first kappa shape index (κ1) is 20.8. The highest BCUT2D eigenvalue weighted by molar-refractivity contribution is 7.89. The molecule has 0 N–H and O–H groups in total. The molecule has 9 heteroatoms. The van der Waals surface area contributed by atoms with Gasteiger partial charge in [-0.2, -0.15) is 9.29 Å². The van der Waals surface area contributed by atoms with Gasteiger partial charge in [-0.25, -0.2) is 8.42 Å². The van der Waals surface area contributed by atoms with Crippen molar-refractivity contribution >= 4 is 21.6 Å². The van der Waals surface area contributed by atoms with Crippen molar-refractivity contribution < 1.29 is 17.7 Å². The van der Waals surface area contributed by atoms with Crippen LogP contribution in [0, 0.1) is 6.92 Å². The van der Waals surface area contributed by atoms with Gasteiger partial charge in [-0.15, -0.1) is 0 Å². The molecule has 0 aliphatic carbocycles. The van der Waals surface area contributed by atoms with Gasteiger partial charge in [0.2, 0.25) is 10.0 Å². The molecule has 1 fully saturated rings. The summed E-state index contributed by atoms with van der Waals surface area (Å²) in [4.78, 5) is 19.5. The fourth-order valence-corrected chi connectivity index (χ4v) is 5.92. The zero-order chi connectivity index (χ0) is 22.3. The summed E-state index contributed by atoms with van der Waals surface area (Å²) in [5, 5.41) is 3.79. The second-order valence-corrected chi connectivity index (χ2v) is 10.1. The monoisotopic (exact) mass is 452 g/mol. The van der Waals surface area contributed by atoms with Crippen molar-refractivity contribution in [2.75, 3.05) is 24.5 Å². The lowest BCUT2D eigenvalue weighted by atomic mass is 10.0. The molecule has 0 unspecified atom stereocenters. The number of aromatic nitrogens is 2. The number of benzene rings is 2. The van der Waals surface area contributed by atoms with Crippen molar-refractivity contribution in [1.82, 2.24) is 14.4 Å². The van der Waals surface area contributed by atoms with Crippen LogP contribution in [0.5, 0.6) is 0 Å². The third-order valence-electron chi connectivity index (χ3n) is 6.02. The Morgan fingerprint density at radius 2 is 1.75 bits per heavy atom. The van der Waals surface area contributed by atoms with Gasteiger partial charge in [0, 0.05) is 36.4 Å². The van der Waals surface area contributed by atoms with Gasteiger partial charge in [0.25, 0.3) is 11.8 Å². The largest absolute Gasteiger partial charge is 0.334 e. The second-order valence-electron chi connectivity index (χ2n) is 8.19. The van der Waals surface area contributed by atoms with Crippen molar-refractivity contribution in [1.29, 1.82) is 0 Å². The average molecular weight is 453 g/mol. The number of sulfonamides is 1. The van der Waals surface area contributed by atoms with Gasteiger partial charge in [-0.3, -0.25) is 4.79 Å². The van der Waals surface area contributed by atoms with Gasteiger partial charge in [0.1, 0.15) is 0 Å². The number of fused-ring (bicyclic) bond motifs is 1. The quantitative estimate of drug-likeness (QED) is 0.602. The minimum absolute atomic E-state index is 0.116. The SMILES string of the molecule is Cc1noc(-c2ccc(C(=O)N3CCCc4cc(S(=O)(=O)N5CCCC5)ccc43)cc2)n1. The van der Waals surface area contributed by atoms with Crippen LogP contribution >= 0.6 is 0 Å². The summed E-state index contributed by atoms with van der Waals surface area (Å²) in [5.74, 6) is 0.849. The summed E-state index contributed by atoms with van der Waals surface area (Å²) in [6, 6.07) is 12.2. The minimum atomic E-state index is -3.48. The number of nitrogens with zero attached hydrogens (tertiary/aromatic N) is 4. The summed E-state index contributed by atoms with van der Waals surface area (Å²) in [7, 11) is -3.48. The van der Waals surface area contributed by atoms with E-state index in [2.05, 4.69) is 10.1 Å². The van der Waals surface area contributed by atoms with Gasteiger partial charge in [-0.1, -0.05) is 5.16 Å². The Morgan fingerprint density at radius 3 is 2.44 bits per heavy atom. The zero-order valence-electron chi connectivity index (χ0n) is 17.8. The molecule has 0 atom stereocenters. The van der Waals surface area contributed by atoms with Crippen LogP contribution in [0.2, 0.25) is 0 Å². The Labute approximate surface area is 186 Å². The molecule has 3 aromatic rings. The molecule has 5 rings (SSSR count). The highest BCUT2D eigenvalue weighted by atomic mass is 32.2. The van der Waals surface area contributed by atoms with E-state index in [-0.39, 0.29) is 5.91 Å². The normalized spacial score (nSPS) is 16.8. The van der Waals surface area contributed by atoms with Crippen LogP contribution in [0.3, 0.4) is 0 Å². The first-order valence-corrected chi connectivity index (χ1v) is 12.2. The van der Waals surface area contributed by atoms with E-state index in [4.69, 9.17) is 4.52 Å². The standard InChI is InChI=1S/C23H24N4O4S/c1-16-24-22(31-25-16)17-6-8-18(9-7-17)23(28)27-14-4-5-19-15-20(10-11-21(19)27)32(29,30)26-12-2-3-13-26/h6-11,15H,2-5,12-14H2,1H3. The minimum Gasteiger partial charge on any atom is -0.334 e. The van der Waals surface area contributed by atoms with E-state index < -0.39 is 10.0 Å². The number of amides is 1. The molecule has 1 amide bonds. The Hall–Kier alpha value is -3.04. The average Bonchev–Trinajstić information content (AvgIpc) is 3.50. The molecule has 2 aromatic carbocycles. The predicted molar refractivity (Wildman–Crippen MR) is 119 cm³/mol. The van der Waals surface area contributed by atoms with Crippen molar-refractivity contribution in [3.63, 3.8) is 0 Å². The van der Waals surface area contributed by atoms with Crippen LogP contribution in [0.4, 0.5) is 5.69 Å². The highest BCUT2D eigenvalue weighted by Gasteiger charge is 2.30. The first-order valence-electron chi connectivity index (χ1n) is 10.8. The molecule has 3 heterocycles. The maximum absolute atomic E-state index is 13.3. The van der Waals surface area contributed by atoms with Crippen molar-refractivity contribution in [3.05, 3.63) is 59.4 Å². The zero-order valence-corrected chi connectivity index (χ0v) is 18.6. The number of rotatable bonds is 4. The molecule has 8 nitrogen and oxygen atoms in total. The van der Waals surface area contributed by atoms with Gasteiger partial charge >= 0.3 is 0 Å². The summed E-state index contributed by atoms with van der Waals surface area (Å²) in [6.07, 6.45) is 3.33. The lowest BCUT2D eigenvalue weighted by Crippen LogP contribution is -2.35. The smallest absolute Gasteiger partial charge is 0.258 e. The summed E-state index contributed by atoms with van der Waals surface area (Å²) >= 11 is 0. The fraction of sp³-hybridized carbons (Fsp3) is 0.348. The Morgan fingerprint density at radius 1 is 1.00 bits per heavy atom. The Kier molecular flexibility index (Phi) is 5.30. The lowest BCUT2D eigenvalue weighted by molar-refractivity contribution is 0.0985. The lowest BCUT2D eigenvalue weighted by Gasteiger charge is -2.30. The predicted octanol–water partition coefficient (Wildman–Crippen LogP) is 3.42. The molecule has 1 aromatic heterocycles. The molecular formula is C23H24N4O4S. The van der Waals surface area contributed by atoms with Crippen molar-refractivity contribution in [3.8, 4) is 11.5 Å². The van der Waals surface area contributed by atoms with E-state index in [1.54, 1.807) is 58.6 Å². The number of hydrogen-bond acceptors (Lipinski definition) is 6. The number of anilines is 1. The maximum atomic E-state index is 13.3. The molecule has 32 heavy (non-hydrogen) atoms. The van der Waals surface area contributed by atoms with E-state index in [9.17, 15) is 13.2 Å². The fourth-order valence-electron chi connectivity index (χ4n) is 4.35. The Balaban J connectivity index is 1.40. The molecule has 2 aliphatic heterocycles. The van der Waals surface area contributed by atoms with Crippen LogP contribution in [0.25, 0.3) is 11.5 Å². The van der Waals surface area contributed by atoms with Gasteiger partial charge in [0.05, 0.1) is 4.90 Å². The number of aryl methyl sites for hydroxylation is 2. The van der Waals surface area contributed by atoms with Crippen LogP contribution in [0.1, 0.15) is 41.0 Å². The summed E-state index contributed by atoms with van der Waals surface area (Å²) < 4.78 is 32.6. The summed E-state index contributed by atoms with van der Waals surface area (Å²) in [5.41, 5.74) is 2.96. The third kappa shape index (κ3) is 3.71. The molecular weight excluding hydrogens is 428 g/mol. The van der Waals surface area contributed by atoms with Crippen LogP contribution in [0.15, 0.2) is 51.9 Å². The van der Waals surface area contributed by atoms with E-state index in [0.717, 1.165) is 42.5 Å². The van der Waals surface area contributed by atoms with Crippen LogP contribution < -0.4 is 4.90 Å². The maximum Gasteiger partial charge on any atom is 0.258 e. The molecule has 2 aliphatic rings. The molecule has 0 spiro atoms. The van der Waals surface area contributed by atoms with E-state index in [0.29, 0.717) is 41.8 Å².